The van der Waals surface area contributed by atoms with Gasteiger partial charge < -0.3 is 15.5 Å². The Bertz CT molecular complexity index is 406. The molecule has 2 heterocycles. The Hall–Kier alpha value is -1.64. The molecule has 1 fully saturated rings. The molecular formula is C13H19N5. The molecule has 1 aromatic heterocycles. The molecule has 0 bridgehead atoms. The van der Waals surface area contributed by atoms with E-state index in [1.807, 2.05) is 0 Å². The van der Waals surface area contributed by atoms with E-state index in [9.17, 15) is 0 Å². The van der Waals surface area contributed by atoms with E-state index in [4.69, 9.17) is 5.26 Å². The van der Waals surface area contributed by atoms with Crippen molar-refractivity contribution < 1.29 is 0 Å². The van der Waals surface area contributed by atoms with Crippen LogP contribution in [0.2, 0.25) is 0 Å². The predicted octanol–water partition coefficient (Wildman–Crippen LogP) is 0.660. The number of aromatic nitrogens is 1. The van der Waals surface area contributed by atoms with E-state index in [-0.39, 0.29) is 0 Å². The maximum absolute atomic E-state index is 8.95. The number of piperazine rings is 1. The van der Waals surface area contributed by atoms with Crippen molar-refractivity contribution in [1.82, 2.24) is 15.2 Å². The van der Waals surface area contributed by atoms with E-state index in [0.717, 1.165) is 51.4 Å². The molecular weight excluding hydrogens is 226 g/mol. The summed E-state index contributed by atoms with van der Waals surface area (Å²) in [7, 11) is 0. The highest BCUT2D eigenvalue weighted by Crippen LogP contribution is 2.11. The summed E-state index contributed by atoms with van der Waals surface area (Å²) in [5, 5.41) is 15.6. The van der Waals surface area contributed by atoms with Crippen LogP contribution in [0.5, 0.6) is 0 Å². The molecule has 96 valence electrons. The van der Waals surface area contributed by atoms with E-state index >= 15 is 0 Å². The molecule has 2 N–H and O–H groups in total. The Morgan fingerprint density at radius 3 is 3.06 bits per heavy atom. The maximum atomic E-state index is 8.95. The topological polar surface area (TPSA) is 64.0 Å². The Balaban J connectivity index is 1.70. The van der Waals surface area contributed by atoms with Crippen LogP contribution < -0.4 is 10.6 Å². The second-order valence-electron chi connectivity index (χ2n) is 4.41. The number of anilines is 1. The first-order chi connectivity index (χ1) is 8.90. The largest absolute Gasteiger partial charge is 0.383 e. The van der Waals surface area contributed by atoms with E-state index < -0.39 is 0 Å². The van der Waals surface area contributed by atoms with E-state index in [0.29, 0.717) is 5.56 Å². The van der Waals surface area contributed by atoms with Gasteiger partial charge in [0.15, 0.2) is 0 Å². The first-order valence-electron chi connectivity index (χ1n) is 6.41. The van der Waals surface area contributed by atoms with Crippen molar-refractivity contribution in [3.8, 4) is 6.07 Å². The molecule has 18 heavy (non-hydrogen) atoms. The monoisotopic (exact) mass is 245 g/mol. The van der Waals surface area contributed by atoms with Crippen molar-refractivity contribution >= 4 is 5.69 Å². The second-order valence-corrected chi connectivity index (χ2v) is 4.41. The van der Waals surface area contributed by atoms with Gasteiger partial charge in [0.1, 0.15) is 6.07 Å². The van der Waals surface area contributed by atoms with Gasteiger partial charge in [-0.25, -0.2) is 0 Å². The van der Waals surface area contributed by atoms with E-state index in [1.54, 1.807) is 18.5 Å². The van der Waals surface area contributed by atoms with Crippen LogP contribution >= 0.6 is 0 Å². The Labute approximate surface area is 108 Å². The standard InChI is InChI=1S/C13H19N5/c14-10-12-2-4-16-11-13(12)17-3-1-7-18-8-5-15-6-9-18/h2,4,11,15,17H,1,3,5-9H2. The number of nitrogens with one attached hydrogen (secondary N) is 2. The summed E-state index contributed by atoms with van der Waals surface area (Å²) >= 11 is 0. The normalized spacial score (nSPS) is 16.2. The van der Waals surface area contributed by atoms with Crippen molar-refractivity contribution in [2.75, 3.05) is 44.6 Å². The van der Waals surface area contributed by atoms with Gasteiger partial charge in [0, 0.05) is 38.9 Å². The number of pyridine rings is 1. The molecule has 2 rings (SSSR count). The number of rotatable bonds is 5. The van der Waals surface area contributed by atoms with E-state index in [1.165, 1.54) is 0 Å². The lowest BCUT2D eigenvalue weighted by Gasteiger charge is -2.27. The van der Waals surface area contributed by atoms with E-state index in [2.05, 4.69) is 26.6 Å². The molecule has 0 unspecified atom stereocenters. The molecule has 1 aliphatic rings. The molecule has 0 aromatic carbocycles. The summed E-state index contributed by atoms with van der Waals surface area (Å²) in [6.45, 7) is 6.44. The van der Waals surface area contributed by atoms with Gasteiger partial charge in [-0.3, -0.25) is 4.98 Å². The third kappa shape index (κ3) is 3.69. The van der Waals surface area contributed by atoms with Crippen LogP contribution in [0.25, 0.3) is 0 Å². The van der Waals surface area contributed by atoms with Gasteiger partial charge in [-0.1, -0.05) is 0 Å². The fraction of sp³-hybridized carbons (Fsp3) is 0.538. The molecule has 5 nitrogen and oxygen atoms in total. The average Bonchev–Trinajstić information content (AvgIpc) is 2.45. The van der Waals surface area contributed by atoms with Crippen LogP contribution in [-0.2, 0) is 0 Å². The van der Waals surface area contributed by atoms with Crippen LogP contribution in [0.4, 0.5) is 5.69 Å². The third-order valence-electron chi connectivity index (χ3n) is 3.12. The first-order valence-corrected chi connectivity index (χ1v) is 6.41. The molecule has 0 atom stereocenters. The fourth-order valence-electron chi connectivity index (χ4n) is 2.09. The van der Waals surface area contributed by atoms with Crippen LogP contribution in [-0.4, -0.2) is 49.2 Å². The molecule has 1 aliphatic heterocycles. The zero-order chi connectivity index (χ0) is 12.6. The van der Waals surface area contributed by atoms with Gasteiger partial charge in [-0.2, -0.15) is 5.26 Å². The van der Waals surface area contributed by atoms with Gasteiger partial charge in [-0.15, -0.1) is 0 Å². The molecule has 0 saturated carbocycles. The number of hydrogen-bond acceptors (Lipinski definition) is 5. The van der Waals surface area contributed by atoms with Crippen LogP contribution in [0.3, 0.4) is 0 Å². The smallest absolute Gasteiger partial charge is 0.101 e. The lowest BCUT2D eigenvalue weighted by molar-refractivity contribution is 0.240. The Morgan fingerprint density at radius 1 is 1.44 bits per heavy atom. The van der Waals surface area contributed by atoms with Gasteiger partial charge in [0.25, 0.3) is 0 Å². The molecule has 1 aromatic rings. The Morgan fingerprint density at radius 2 is 2.28 bits per heavy atom. The summed E-state index contributed by atoms with van der Waals surface area (Å²) in [6, 6.07) is 3.90. The quantitative estimate of drug-likeness (QED) is 0.746. The lowest BCUT2D eigenvalue weighted by Crippen LogP contribution is -2.44. The zero-order valence-corrected chi connectivity index (χ0v) is 10.5. The summed E-state index contributed by atoms with van der Waals surface area (Å²) in [5.74, 6) is 0. The maximum Gasteiger partial charge on any atom is 0.101 e. The van der Waals surface area contributed by atoms with Crippen molar-refractivity contribution in [3.05, 3.63) is 24.0 Å². The van der Waals surface area contributed by atoms with Gasteiger partial charge in [0.2, 0.25) is 0 Å². The third-order valence-corrected chi connectivity index (χ3v) is 3.12. The van der Waals surface area contributed by atoms with Crippen molar-refractivity contribution in [2.24, 2.45) is 0 Å². The highest BCUT2D eigenvalue weighted by molar-refractivity contribution is 5.55. The minimum absolute atomic E-state index is 0.659. The molecule has 0 aliphatic carbocycles. The number of hydrogen-bond donors (Lipinski definition) is 2. The van der Waals surface area contributed by atoms with Crippen molar-refractivity contribution in [3.63, 3.8) is 0 Å². The number of nitriles is 1. The van der Waals surface area contributed by atoms with Crippen LogP contribution in [0, 0.1) is 11.3 Å². The summed E-state index contributed by atoms with van der Waals surface area (Å²) in [6.07, 6.45) is 4.44. The molecule has 0 amide bonds. The summed E-state index contributed by atoms with van der Waals surface area (Å²) in [4.78, 5) is 6.49. The zero-order valence-electron chi connectivity index (χ0n) is 10.5. The molecule has 0 spiro atoms. The highest BCUT2D eigenvalue weighted by Gasteiger charge is 2.08. The van der Waals surface area contributed by atoms with Gasteiger partial charge >= 0.3 is 0 Å². The van der Waals surface area contributed by atoms with Gasteiger partial charge in [-0.05, 0) is 19.0 Å². The lowest BCUT2D eigenvalue weighted by atomic mass is 10.2. The average molecular weight is 245 g/mol. The van der Waals surface area contributed by atoms with Gasteiger partial charge in [0.05, 0.1) is 17.4 Å². The molecule has 5 heteroatoms. The molecule has 1 saturated heterocycles. The minimum atomic E-state index is 0.659. The molecule has 0 radical (unpaired) electrons. The van der Waals surface area contributed by atoms with Crippen LogP contribution in [0.15, 0.2) is 18.5 Å². The fourth-order valence-corrected chi connectivity index (χ4v) is 2.09. The highest BCUT2D eigenvalue weighted by atomic mass is 15.2. The summed E-state index contributed by atoms with van der Waals surface area (Å²) in [5.41, 5.74) is 1.49. The van der Waals surface area contributed by atoms with Crippen molar-refractivity contribution in [1.29, 1.82) is 5.26 Å². The van der Waals surface area contributed by atoms with Crippen LogP contribution in [0.1, 0.15) is 12.0 Å². The Kier molecular flexibility index (Phi) is 4.94. The first kappa shape index (κ1) is 12.8. The summed E-state index contributed by atoms with van der Waals surface area (Å²) < 4.78 is 0. The van der Waals surface area contributed by atoms with Crippen molar-refractivity contribution in [2.45, 2.75) is 6.42 Å². The predicted molar refractivity (Wildman–Crippen MR) is 71.4 cm³/mol. The second kappa shape index (κ2) is 6.94. The SMILES string of the molecule is N#Cc1ccncc1NCCCN1CCNCC1. The number of nitrogens with zero attached hydrogens (tertiary/aromatic N) is 3. The minimum Gasteiger partial charge on any atom is -0.383 e.